The van der Waals surface area contributed by atoms with E-state index in [1.54, 1.807) is 4.90 Å². The molecule has 9 heteroatoms. The van der Waals surface area contributed by atoms with Crippen molar-refractivity contribution in [2.45, 2.75) is 43.9 Å². The second-order valence-electron chi connectivity index (χ2n) is 8.51. The molecule has 0 saturated carbocycles. The zero-order valence-corrected chi connectivity index (χ0v) is 20.4. The van der Waals surface area contributed by atoms with E-state index in [4.69, 9.17) is 0 Å². The molecule has 0 N–H and O–H groups in total. The van der Waals surface area contributed by atoms with Gasteiger partial charge in [0, 0.05) is 18.5 Å². The summed E-state index contributed by atoms with van der Waals surface area (Å²) in [5.74, 6) is 1.20. The SMILES string of the molecule is CC(C)c1nc(SCC(=O)N(Cc2ccccc2)C2CCS(=O)(=O)C2)nn1-c1ccccc1. The van der Waals surface area contributed by atoms with E-state index in [1.165, 1.54) is 11.8 Å². The third-order valence-corrected chi connectivity index (χ3v) is 8.19. The molecule has 174 valence electrons. The van der Waals surface area contributed by atoms with Gasteiger partial charge in [-0.1, -0.05) is 74.1 Å². The Hall–Kier alpha value is -2.65. The standard InChI is InChI=1S/C24H28N4O3S2/c1-18(2)23-25-24(26-28(23)20-11-7-4-8-12-20)32-16-22(29)27(15-19-9-5-3-6-10-19)21-13-14-33(30,31)17-21/h3-12,18,21H,13-17H2,1-2H3. The number of carbonyl (C=O) groups is 1. The van der Waals surface area contributed by atoms with Crippen LogP contribution < -0.4 is 0 Å². The predicted octanol–water partition coefficient (Wildman–Crippen LogP) is 3.70. The minimum Gasteiger partial charge on any atom is -0.334 e. The number of thioether (sulfide) groups is 1. The summed E-state index contributed by atoms with van der Waals surface area (Å²) in [5, 5.41) is 5.18. The number of aromatic nitrogens is 3. The number of nitrogens with zero attached hydrogens (tertiary/aromatic N) is 4. The van der Waals surface area contributed by atoms with Crippen LogP contribution in [-0.4, -0.2) is 57.3 Å². The number of para-hydroxylation sites is 1. The van der Waals surface area contributed by atoms with Crippen LogP contribution in [0.5, 0.6) is 0 Å². The van der Waals surface area contributed by atoms with Crippen LogP contribution in [-0.2, 0) is 21.2 Å². The lowest BCUT2D eigenvalue weighted by Gasteiger charge is -2.28. The largest absolute Gasteiger partial charge is 0.334 e. The van der Waals surface area contributed by atoms with Crippen molar-refractivity contribution in [2.75, 3.05) is 17.3 Å². The molecular formula is C24H28N4O3S2. The first kappa shape index (κ1) is 23.5. The van der Waals surface area contributed by atoms with Gasteiger partial charge in [0.05, 0.1) is 22.9 Å². The molecule has 2 aromatic carbocycles. The lowest BCUT2D eigenvalue weighted by Crippen LogP contribution is -2.41. The molecule has 2 heterocycles. The highest BCUT2D eigenvalue weighted by Gasteiger charge is 2.34. The van der Waals surface area contributed by atoms with E-state index >= 15 is 0 Å². The Labute approximate surface area is 199 Å². The Bertz CT molecular complexity index is 1190. The summed E-state index contributed by atoms with van der Waals surface area (Å²) >= 11 is 1.29. The van der Waals surface area contributed by atoms with Crippen molar-refractivity contribution in [3.05, 3.63) is 72.1 Å². The van der Waals surface area contributed by atoms with E-state index in [9.17, 15) is 13.2 Å². The number of hydrogen-bond acceptors (Lipinski definition) is 6. The number of amides is 1. The molecule has 0 spiro atoms. The third kappa shape index (κ3) is 5.83. The Morgan fingerprint density at radius 3 is 2.39 bits per heavy atom. The first-order chi connectivity index (χ1) is 15.8. The monoisotopic (exact) mass is 484 g/mol. The lowest BCUT2D eigenvalue weighted by molar-refractivity contribution is -0.130. The molecule has 1 aromatic heterocycles. The molecule has 4 rings (SSSR count). The molecule has 0 aliphatic carbocycles. The van der Waals surface area contributed by atoms with Gasteiger partial charge in [-0.15, -0.1) is 5.10 Å². The zero-order chi connectivity index (χ0) is 23.4. The second kappa shape index (κ2) is 10.1. The maximum absolute atomic E-state index is 13.3. The van der Waals surface area contributed by atoms with Crippen LogP contribution in [0, 0.1) is 0 Å². The summed E-state index contributed by atoms with van der Waals surface area (Å²) < 4.78 is 26.0. The van der Waals surface area contributed by atoms with Crippen molar-refractivity contribution in [2.24, 2.45) is 0 Å². The molecule has 0 radical (unpaired) electrons. The average molecular weight is 485 g/mol. The molecule has 1 aliphatic heterocycles. The van der Waals surface area contributed by atoms with E-state index in [-0.39, 0.29) is 35.1 Å². The summed E-state index contributed by atoms with van der Waals surface area (Å²) in [6, 6.07) is 19.2. The average Bonchev–Trinajstić information content (AvgIpc) is 3.40. The maximum atomic E-state index is 13.3. The van der Waals surface area contributed by atoms with Gasteiger partial charge in [0.1, 0.15) is 5.82 Å². The van der Waals surface area contributed by atoms with E-state index in [2.05, 4.69) is 23.9 Å². The number of hydrogen-bond donors (Lipinski definition) is 0. The van der Waals surface area contributed by atoms with Crippen LogP contribution in [0.3, 0.4) is 0 Å². The molecule has 1 fully saturated rings. The van der Waals surface area contributed by atoms with Crippen molar-refractivity contribution >= 4 is 27.5 Å². The van der Waals surface area contributed by atoms with Gasteiger partial charge in [0.25, 0.3) is 0 Å². The summed E-state index contributed by atoms with van der Waals surface area (Å²) in [7, 11) is -3.10. The molecule has 1 aliphatic rings. The fraction of sp³-hybridized carbons (Fsp3) is 0.375. The summed E-state index contributed by atoms with van der Waals surface area (Å²) in [6.45, 7) is 4.51. The van der Waals surface area contributed by atoms with Crippen molar-refractivity contribution in [3.8, 4) is 5.69 Å². The van der Waals surface area contributed by atoms with E-state index in [0.29, 0.717) is 18.1 Å². The van der Waals surface area contributed by atoms with Gasteiger partial charge in [-0.3, -0.25) is 4.79 Å². The van der Waals surface area contributed by atoms with Crippen LogP contribution in [0.25, 0.3) is 5.69 Å². The fourth-order valence-corrected chi connectivity index (χ4v) is 6.38. The van der Waals surface area contributed by atoms with E-state index in [0.717, 1.165) is 17.1 Å². The lowest BCUT2D eigenvalue weighted by atomic mass is 10.1. The highest BCUT2D eigenvalue weighted by Crippen LogP contribution is 2.25. The molecular weight excluding hydrogens is 456 g/mol. The highest BCUT2D eigenvalue weighted by molar-refractivity contribution is 7.99. The van der Waals surface area contributed by atoms with Crippen LogP contribution >= 0.6 is 11.8 Å². The Morgan fingerprint density at radius 2 is 1.79 bits per heavy atom. The van der Waals surface area contributed by atoms with Crippen LogP contribution in [0.15, 0.2) is 65.8 Å². The molecule has 1 amide bonds. The van der Waals surface area contributed by atoms with Crippen molar-refractivity contribution in [3.63, 3.8) is 0 Å². The maximum Gasteiger partial charge on any atom is 0.233 e. The van der Waals surface area contributed by atoms with Crippen molar-refractivity contribution < 1.29 is 13.2 Å². The Balaban J connectivity index is 1.51. The quantitative estimate of drug-likeness (QED) is 0.453. The van der Waals surface area contributed by atoms with Crippen molar-refractivity contribution in [1.82, 2.24) is 19.7 Å². The second-order valence-corrected chi connectivity index (χ2v) is 11.7. The van der Waals surface area contributed by atoms with Gasteiger partial charge in [-0.05, 0) is 24.1 Å². The van der Waals surface area contributed by atoms with Gasteiger partial charge in [0.2, 0.25) is 11.1 Å². The van der Waals surface area contributed by atoms with Gasteiger partial charge in [0.15, 0.2) is 9.84 Å². The third-order valence-electron chi connectivity index (χ3n) is 5.62. The minimum atomic E-state index is -3.10. The van der Waals surface area contributed by atoms with Crippen LogP contribution in [0.4, 0.5) is 0 Å². The molecule has 1 atom stereocenters. The first-order valence-corrected chi connectivity index (χ1v) is 13.8. The number of carbonyl (C=O) groups excluding carboxylic acids is 1. The molecule has 1 saturated heterocycles. The first-order valence-electron chi connectivity index (χ1n) is 11.0. The molecule has 3 aromatic rings. The summed E-state index contributed by atoms with van der Waals surface area (Å²) in [6.07, 6.45) is 0.476. The van der Waals surface area contributed by atoms with Gasteiger partial charge in [-0.2, -0.15) is 0 Å². The predicted molar refractivity (Wildman–Crippen MR) is 130 cm³/mol. The highest BCUT2D eigenvalue weighted by atomic mass is 32.2. The smallest absolute Gasteiger partial charge is 0.233 e. The number of rotatable bonds is 8. The normalized spacial score (nSPS) is 17.4. The molecule has 33 heavy (non-hydrogen) atoms. The number of benzene rings is 2. The molecule has 0 bridgehead atoms. The number of sulfone groups is 1. The van der Waals surface area contributed by atoms with Gasteiger partial charge >= 0.3 is 0 Å². The topological polar surface area (TPSA) is 85.2 Å². The minimum absolute atomic E-state index is 0.0224. The molecule has 7 nitrogen and oxygen atoms in total. The Kier molecular flexibility index (Phi) is 7.19. The van der Waals surface area contributed by atoms with E-state index < -0.39 is 9.84 Å². The van der Waals surface area contributed by atoms with Gasteiger partial charge in [-0.25, -0.2) is 18.1 Å². The Morgan fingerprint density at radius 1 is 1.12 bits per heavy atom. The van der Waals surface area contributed by atoms with Crippen molar-refractivity contribution in [1.29, 1.82) is 0 Å². The summed E-state index contributed by atoms with van der Waals surface area (Å²) in [5.41, 5.74) is 1.91. The van der Waals surface area contributed by atoms with E-state index in [1.807, 2.05) is 65.3 Å². The van der Waals surface area contributed by atoms with Gasteiger partial charge < -0.3 is 4.90 Å². The zero-order valence-electron chi connectivity index (χ0n) is 18.8. The van der Waals surface area contributed by atoms with Crippen LogP contribution in [0.2, 0.25) is 0 Å². The van der Waals surface area contributed by atoms with Crippen LogP contribution in [0.1, 0.15) is 37.6 Å². The molecule has 1 unspecified atom stereocenters. The summed E-state index contributed by atoms with van der Waals surface area (Å²) in [4.78, 5) is 19.6. The fourth-order valence-electron chi connectivity index (χ4n) is 3.93.